The maximum atomic E-state index is 6.13. The monoisotopic (exact) mass is 277 g/mol. The van der Waals surface area contributed by atoms with Gasteiger partial charge in [-0.1, -0.05) is 71.9 Å². The van der Waals surface area contributed by atoms with Gasteiger partial charge in [0.2, 0.25) is 0 Å². The van der Waals surface area contributed by atoms with Gasteiger partial charge in [-0.3, -0.25) is 0 Å². The summed E-state index contributed by atoms with van der Waals surface area (Å²) in [6, 6.07) is 10.1. The predicted molar refractivity (Wildman–Crippen MR) is 86.2 cm³/mol. The van der Waals surface area contributed by atoms with Crippen LogP contribution in [0.3, 0.4) is 0 Å². The normalized spacial score (nSPS) is 12.9. The molecular formula is C16H27NOSi. The SMILES string of the molecule is CC(C)[Si](O/N=C/c1ccccc1)(C(C)C)C(C)C. The second kappa shape index (κ2) is 6.90. The topological polar surface area (TPSA) is 21.6 Å². The summed E-state index contributed by atoms with van der Waals surface area (Å²) in [5, 5.41) is 4.31. The van der Waals surface area contributed by atoms with Crippen molar-refractivity contribution in [3.63, 3.8) is 0 Å². The molecule has 0 unspecified atom stereocenters. The minimum Gasteiger partial charge on any atom is -0.454 e. The minimum atomic E-state index is -1.88. The van der Waals surface area contributed by atoms with Crippen LogP contribution in [0.5, 0.6) is 0 Å². The third-order valence-corrected chi connectivity index (χ3v) is 9.76. The highest BCUT2D eigenvalue weighted by atomic mass is 28.4. The molecule has 0 fully saturated rings. The van der Waals surface area contributed by atoms with Gasteiger partial charge in [-0.15, -0.1) is 5.16 Å². The van der Waals surface area contributed by atoms with Crippen molar-refractivity contribution < 1.29 is 4.53 Å². The Hall–Kier alpha value is -1.09. The van der Waals surface area contributed by atoms with Crippen LogP contribution in [-0.4, -0.2) is 14.5 Å². The molecule has 0 aliphatic heterocycles. The van der Waals surface area contributed by atoms with Gasteiger partial charge in [0.1, 0.15) is 0 Å². The van der Waals surface area contributed by atoms with E-state index in [1.165, 1.54) is 0 Å². The number of oxime groups is 1. The molecule has 2 nitrogen and oxygen atoms in total. The van der Waals surface area contributed by atoms with E-state index in [4.69, 9.17) is 4.53 Å². The summed E-state index contributed by atoms with van der Waals surface area (Å²) in [7, 11) is -1.88. The van der Waals surface area contributed by atoms with Crippen molar-refractivity contribution in [3.8, 4) is 0 Å². The Kier molecular flexibility index (Phi) is 5.79. The van der Waals surface area contributed by atoms with E-state index in [1.807, 2.05) is 36.5 Å². The molecule has 0 aromatic heterocycles. The Labute approximate surface area is 119 Å². The summed E-state index contributed by atoms with van der Waals surface area (Å²) in [6.45, 7) is 13.6. The van der Waals surface area contributed by atoms with Gasteiger partial charge in [0, 0.05) is 0 Å². The first-order chi connectivity index (χ1) is 8.91. The highest BCUT2D eigenvalue weighted by Crippen LogP contribution is 2.42. The van der Waals surface area contributed by atoms with Crippen molar-refractivity contribution in [1.82, 2.24) is 0 Å². The molecule has 3 heteroatoms. The maximum Gasteiger partial charge on any atom is 0.295 e. The second-order valence-electron chi connectivity index (χ2n) is 6.05. The molecule has 0 heterocycles. The lowest BCUT2D eigenvalue weighted by Crippen LogP contribution is -2.46. The van der Waals surface area contributed by atoms with E-state index in [0.29, 0.717) is 16.6 Å². The summed E-state index contributed by atoms with van der Waals surface area (Å²) < 4.78 is 6.13. The fraction of sp³-hybridized carbons (Fsp3) is 0.562. The maximum absolute atomic E-state index is 6.13. The molecule has 1 rings (SSSR count). The van der Waals surface area contributed by atoms with E-state index in [2.05, 4.69) is 46.7 Å². The van der Waals surface area contributed by atoms with E-state index >= 15 is 0 Å². The van der Waals surface area contributed by atoms with Crippen molar-refractivity contribution >= 4 is 14.5 Å². The number of hydrogen-bond donors (Lipinski definition) is 0. The van der Waals surface area contributed by atoms with E-state index < -0.39 is 8.32 Å². The standard InChI is InChI=1S/C16H27NOSi/c1-13(2)19(14(3)4,15(5)6)18-17-12-16-10-8-7-9-11-16/h7-15H,1-6H3/b17-12+. The van der Waals surface area contributed by atoms with Crippen molar-refractivity contribution in [2.24, 2.45) is 5.16 Å². The zero-order valence-corrected chi connectivity index (χ0v) is 14.1. The molecule has 0 spiro atoms. The fourth-order valence-corrected chi connectivity index (χ4v) is 7.90. The average molecular weight is 277 g/mol. The van der Waals surface area contributed by atoms with Crippen LogP contribution in [0.2, 0.25) is 16.6 Å². The van der Waals surface area contributed by atoms with Crippen LogP contribution in [0.4, 0.5) is 0 Å². The summed E-state index contributed by atoms with van der Waals surface area (Å²) in [5.74, 6) is 0. The Balaban J connectivity index is 2.88. The molecule has 0 saturated heterocycles. The van der Waals surface area contributed by atoms with Gasteiger partial charge in [0.05, 0.1) is 6.21 Å². The van der Waals surface area contributed by atoms with Crippen LogP contribution in [-0.2, 0) is 4.53 Å². The van der Waals surface area contributed by atoms with E-state index in [0.717, 1.165) is 5.56 Å². The lowest BCUT2D eigenvalue weighted by atomic mass is 10.2. The first kappa shape index (κ1) is 16.0. The summed E-state index contributed by atoms with van der Waals surface area (Å²) in [6.07, 6.45) is 1.83. The van der Waals surface area contributed by atoms with Crippen LogP contribution in [0.15, 0.2) is 35.5 Å². The molecule has 1 aromatic rings. The first-order valence-corrected chi connectivity index (χ1v) is 9.31. The number of hydrogen-bond acceptors (Lipinski definition) is 2. The number of rotatable bonds is 6. The van der Waals surface area contributed by atoms with Crippen LogP contribution < -0.4 is 0 Å². The second-order valence-corrected chi connectivity index (χ2v) is 11.4. The molecule has 0 N–H and O–H groups in total. The highest BCUT2D eigenvalue weighted by molar-refractivity contribution is 6.77. The quantitative estimate of drug-likeness (QED) is 0.397. The summed E-state index contributed by atoms with van der Waals surface area (Å²) in [4.78, 5) is 0. The van der Waals surface area contributed by atoms with Crippen molar-refractivity contribution in [3.05, 3.63) is 35.9 Å². The molecule has 1 aromatic carbocycles. The summed E-state index contributed by atoms with van der Waals surface area (Å²) in [5.41, 5.74) is 2.75. The molecule has 0 amide bonds. The Morgan fingerprint density at radius 1 is 0.895 bits per heavy atom. The molecule has 0 aliphatic carbocycles. The molecular weight excluding hydrogens is 250 g/mol. The fourth-order valence-electron chi connectivity index (χ4n) is 3.03. The minimum absolute atomic E-state index is 0.556. The third-order valence-electron chi connectivity index (χ3n) is 3.92. The highest BCUT2D eigenvalue weighted by Gasteiger charge is 2.47. The Morgan fingerprint density at radius 3 is 1.79 bits per heavy atom. The van der Waals surface area contributed by atoms with Gasteiger partial charge in [0.25, 0.3) is 8.32 Å². The van der Waals surface area contributed by atoms with Gasteiger partial charge in [-0.05, 0) is 22.2 Å². The van der Waals surface area contributed by atoms with Crippen LogP contribution in [0.1, 0.15) is 47.1 Å². The van der Waals surface area contributed by atoms with Crippen LogP contribution >= 0.6 is 0 Å². The largest absolute Gasteiger partial charge is 0.454 e. The molecule has 0 bridgehead atoms. The summed E-state index contributed by atoms with van der Waals surface area (Å²) >= 11 is 0. The van der Waals surface area contributed by atoms with Crippen LogP contribution in [0.25, 0.3) is 0 Å². The first-order valence-electron chi connectivity index (χ1n) is 7.17. The smallest absolute Gasteiger partial charge is 0.295 e. The van der Waals surface area contributed by atoms with Gasteiger partial charge in [0.15, 0.2) is 0 Å². The number of benzene rings is 1. The van der Waals surface area contributed by atoms with Crippen LogP contribution in [0, 0.1) is 0 Å². The lowest BCUT2D eigenvalue weighted by Gasteiger charge is -2.39. The number of nitrogens with zero attached hydrogens (tertiary/aromatic N) is 1. The van der Waals surface area contributed by atoms with Gasteiger partial charge in [-0.2, -0.15) is 0 Å². The van der Waals surface area contributed by atoms with Crippen molar-refractivity contribution in [1.29, 1.82) is 0 Å². The molecule has 0 aliphatic rings. The molecule has 0 atom stereocenters. The molecule has 0 radical (unpaired) electrons. The van der Waals surface area contributed by atoms with E-state index in [9.17, 15) is 0 Å². The predicted octanol–water partition coefficient (Wildman–Crippen LogP) is 5.21. The zero-order chi connectivity index (χ0) is 14.5. The Morgan fingerprint density at radius 2 is 1.37 bits per heavy atom. The third kappa shape index (κ3) is 3.69. The Bertz CT molecular complexity index is 377. The van der Waals surface area contributed by atoms with Gasteiger partial charge >= 0.3 is 0 Å². The van der Waals surface area contributed by atoms with Crippen molar-refractivity contribution in [2.45, 2.75) is 58.2 Å². The van der Waals surface area contributed by atoms with Gasteiger partial charge < -0.3 is 4.53 Å². The molecule has 106 valence electrons. The van der Waals surface area contributed by atoms with E-state index in [-0.39, 0.29) is 0 Å². The molecule has 19 heavy (non-hydrogen) atoms. The van der Waals surface area contributed by atoms with Crippen molar-refractivity contribution in [2.75, 3.05) is 0 Å². The zero-order valence-electron chi connectivity index (χ0n) is 13.1. The average Bonchev–Trinajstić information content (AvgIpc) is 2.34. The lowest BCUT2D eigenvalue weighted by molar-refractivity contribution is 0.299. The molecule has 0 saturated carbocycles. The van der Waals surface area contributed by atoms with Gasteiger partial charge in [-0.25, -0.2) is 0 Å². The van der Waals surface area contributed by atoms with E-state index in [1.54, 1.807) is 0 Å².